The third-order valence-corrected chi connectivity index (χ3v) is 6.39. The molecule has 174 valence electrons. The van der Waals surface area contributed by atoms with Gasteiger partial charge in [-0.2, -0.15) is 11.3 Å². The van der Waals surface area contributed by atoms with E-state index in [0.717, 1.165) is 17.4 Å². The van der Waals surface area contributed by atoms with Gasteiger partial charge >= 0.3 is 0 Å². The second kappa shape index (κ2) is 10.2. The second-order valence-electron chi connectivity index (χ2n) is 7.80. The zero-order chi connectivity index (χ0) is 24.2. The standard InChI is InChI=1S/C23H26N4O4S2/c1-27(2)23(29)19(13-25-33(3,30)31)15-4-6-16(7-5-15)22(28)26-21-12-17(8-9-20(21)24)18-10-11-32-14-18/h4-12,14,19,25H,13,24H2,1-3H3,(H,26,28). The van der Waals surface area contributed by atoms with E-state index in [1.807, 2.05) is 29.0 Å². The maximum Gasteiger partial charge on any atom is 0.255 e. The van der Waals surface area contributed by atoms with Crippen molar-refractivity contribution < 1.29 is 18.0 Å². The van der Waals surface area contributed by atoms with E-state index in [2.05, 4.69) is 10.0 Å². The van der Waals surface area contributed by atoms with E-state index in [9.17, 15) is 18.0 Å². The lowest BCUT2D eigenvalue weighted by molar-refractivity contribution is -0.130. The summed E-state index contributed by atoms with van der Waals surface area (Å²) in [5, 5.41) is 6.83. The Labute approximate surface area is 197 Å². The van der Waals surface area contributed by atoms with Gasteiger partial charge in [0.25, 0.3) is 5.91 Å². The van der Waals surface area contributed by atoms with E-state index in [1.54, 1.807) is 55.8 Å². The molecule has 0 saturated heterocycles. The molecule has 1 unspecified atom stereocenters. The van der Waals surface area contributed by atoms with Crippen LogP contribution < -0.4 is 15.8 Å². The molecular weight excluding hydrogens is 460 g/mol. The molecule has 0 radical (unpaired) electrons. The lowest BCUT2D eigenvalue weighted by Gasteiger charge is -2.21. The molecule has 0 bridgehead atoms. The Morgan fingerprint density at radius 2 is 1.76 bits per heavy atom. The van der Waals surface area contributed by atoms with Gasteiger partial charge in [-0.15, -0.1) is 0 Å². The van der Waals surface area contributed by atoms with E-state index < -0.39 is 15.9 Å². The normalized spacial score (nSPS) is 12.2. The van der Waals surface area contributed by atoms with E-state index in [-0.39, 0.29) is 18.4 Å². The summed E-state index contributed by atoms with van der Waals surface area (Å²) in [4.78, 5) is 26.8. The predicted octanol–water partition coefficient (Wildman–Crippen LogP) is 2.97. The maximum atomic E-state index is 12.8. The first-order valence-corrected chi connectivity index (χ1v) is 12.9. The summed E-state index contributed by atoms with van der Waals surface area (Å²) >= 11 is 1.58. The Kier molecular flexibility index (Phi) is 7.52. The molecule has 0 fully saturated rings. The zero-order valence-electron chi connectivity index (χ0n) is 18.5. The number of rotatable bonds is 8. The van der Waals surface area contributed by atoms with Gasteiger partial charge < -0.3 is 16.0 Å². The number of carbonyl (C=O) groups is 2. The van der Waals surface area contributed by atoms with Gasteiger partial charge in [0, 0.05) is 26.2 Å². The van der Waals surface area contributed by atoms with Crippen molar-refractivity contribution >= 4 is 44.5 Å². The van der Waals surface area contributed by atoms with Crippen LogP contribution in [-0.2, 0) is 14.8 Å². The molecule has 4 N–H and O–H groups in total. The van der Waals surface area contributed by atoms with Gasteiger partial charge in [-0.05, 0) is 57.8 Å². The topological polar surface area (TPSA) is 122 Å². The minimum absolute atomic E-state index is 0.0761. The Morgan fingerprint density at radius 3 is 2.33 bits per heavy atom. The Hall–Kier alpha value is -3.21. The number of carbonyl (C=O) groups excluding carboxylic acids is 2. The van der Waals surface area contributed by atoms with Crippen LogP contribution >= 0.6 is 11.3 Å². The van der Waals surface area contributed by atoms with Crippen LogP contribution in [-0.4, -0.2) is 52.0 Å². The molecule has 0 aliphatic carbocycles. The van der Waals surface area contributed by atoms with E-state index in [1.165, 1.54) is 4.90 Å². The molecule has 0 saturated carbocycles. The average molecular weight is 487 g/mol. The summed E-state index contributed by atoms with van der Waals surface area (Å²) in [7, 11) is -0.256. The first-order valence-electron chi connectivity index (χ1n) is 10.0. The summed E-state index contributed by atoms with van der Waals surface area (Å²) in [6.07, 6.45) is 1.04. The second-order valence-corrected chi connectivity index (χ2v) is 10.4. The molecule has 1 heterocycles. The van der Waals surface area contributed by atoms with E-state index in [0.29, 0.717) is 22.5 Å². The van der Waals surface area contributed by atoms with Gasteiger partial charge in [-0.25, -0.2) is 13.1 Å². The fourth-order valence-corrected chi connectivity index (χ4v) is 4.36. The Bertz CT molecular complexity index is 1240. The minimum Gasteiger partial charge on any atom is -0.397 e. The zero-order valence-corrected chi connectivity index (χ0v) is 20.2. The minimum atomic E-state index is -3.46. The highest BCUT2D eigenvalue weighted by atomic mass is 32.2. The summed E-state index contributed by atoms with van der Waals surface area (Å²) in [5.41, 5.74) is 9.97. The lowest BCUT2D eigenvalue weighted by Crippen LogP contribution is -2.36. The van der Waals surface area contributed by atoms with E-state index >= 15 is 0 Å². The third kappa shape index (κ3) is 6.41. The van der Waals surface area contributed by atoms with Gasteiger partial charge in [-0.1, -0.05) is 18.2 Å². The lowest BCUT2D eigenvalue weighted by atomic mass is 9.96. The first kappa shape index (κ1) is 24.4. The summed E-state index contributed by atoms with van der Waals surface area (Å²) in [6, 6.07) is 14.0. The van der Waals surface area contributed by atoms with Crippen molar-refractivity contribution in [1.82, 2.24) is 9.62 Å². The van der Waals surface area contributed by atoms with Crippen molar-refractivity contribution in [3.05, 3.63) is 70.4 Å². The van der Waals surface area contributed by atoms with E-state index in [4.69, 9.17) is 5.73 Å². The molecule has 0 spiro atoms. The van der Waals surface area contributed by atoms with Gasteiger partial charge in [-0.3, -0.25) is 9.59 Å². The number of benzene rings is 2. The number of nitrogens with zero attached hydrogens (tertiary/aromatic N) is 1. The fourth-order valence-electron chi connectivity index (χ4n) is 3.23. The molecule has 3 rings (SSSR count). The largest absolute Gasteiger partial charge is 0.397 e. The van der Waals surface area contributed by atoms with Crippen LogP contribution in [0.3, 0.4) is 0 Å². The van der Waals surface area contributed by atoms with Crippen molar-refractivity contribution in [3.8, 4) is 11.1 Å². The molecule has 8 nitrogen and oxygen atoms in total. The molecule has 10 heteroatoms. The summed E-state index contributed by atoms with van der Waals surface area (Å²) < 4.78 is 25.4. The smallest absolute Gasteiger partial charge is 0.255 e. The van der Waals surface area contributed by atoms with Crippen LogP contribution in [0.15, 0.2) is 59.3 Å². The molecular formula is C23H26N4O4S2. The number of nitrogens with two attached hydrogens (primary N) is 1. The summed E-state index contributed by atoms with van der Waals surface area (Å²) in [6.45, 7) is -0.0761. The van der Waals surface area contributed by atoms with Gasteiger partial charge in [0.15, 0.2) is 0 Å². The van der Waals surface area contributed by atoms with Crippen LogP contribution in [0, 0.1) is 0 Å². The number of nitrogen functional groups attached to an aromatic ring is 1. The average Bonchev–Trinajstić information content (AvgIpc) is 3.29. The van der Waals surface area contributed by atoms with Crippen molar-refractivity contribution in [3.63, 3.8) is 0 Å². The Morgan fingerprint density at radius 1 is 1.06 bits per heavy atom. The number of hydrogen-bond acceptors (Lipinski definition) is 6. The van der Waals surface area contributed by atoms with Gasteiger partial charge in [0.05, 0.1) is 23.5 Å². The van der Waals surface area contributed by atoms with Crippen LogP contribution in [0.25, 0.3) is 11.1 Å². The molecule has 1 atom stereocenters. The van der Waals surface area contributed by atoms with Crippen LogP contribution in [0.4, 0.5) is 11.4 Å². The monoisotopic (exact) mass is 486 g/mol. The van der Waals surface area contributed by atoms with Crippen molar-refractivity contribution in [2.75, 3.05) is 37.9 Å². The number of thiophene rings is 1. The highest BCUT2D eigenvalue weighted by Gasteiger charge is 2.24. The van der Waals surface area contributed by atoms with Crippen molar-refractivity contribution in [2.24, 2.45) is 0 Å². The molecule has 33 heavy (non-hydrogen) atoms. The molecule has 1 aromatic heterocycles. The maximum absolute atomic E-state index is 12.8. The van der Waals surface area contributed by atoms with Crippen molar-refractivity contribution in [1.29, 1.82) is 0 Å². The number of nitrogens with one attached hydrogen (secondary N) is 2. The highest BCUT2D eigenvalue weighted by Crippen LogP contribution is 2.29. The van der Waals surface area contributed by atoms with Crippen LogP contribution in [0.1, 0.15) is 21.8 Å². The predicted molar refractivity (Wildman–Crippen MR) is 133 cm³/mol. The SMILES string of the molecule is CN(C)C(=O)C(CNS(C)(=O)=O)c1ccc(C(=O)Nc2cc(-c3ccsc3)ccc2N)cc1. The number of hydrogen-bond donors (Lipinski definition) is 3. The number of amides is 2. The van der Waals surface area contributed by atoms with Gasteiger partial charge in [0.2, 0.25) is 15.9 Å². The van der Waals surface area contributed by atoms with Crippen LogP contribution in [0.2, 0.25) is 0 Å². The fraction of sp³-hybridized carbons (Fsp3) is 0.217. The third-order valence-electron chi connectivity index (χ3n) is 5.02. The molecule has 2 aromatic carbocycles. The Balaban J connectivity index is 1.79. The quantitative estimate of drug-likeness (QED) is 0.423. The molecule has 3 aromatic rings. The number of likely N-dealkylation sites (N-methyl/N-ethyl adjacent to an activating group) is 1. The number of sulfonamides is 1. The summed E-state index contributed by atoms with van der Waals surface area (Å²) in [5.74, 6) is -1.31. The van der Waals surface area contributed by atoms with Gasteiger partial charge in [0.1, 0.15) is 0 Å². The van der Waals surface area contributed by atoms with Crippen molar-refractivity contribution in [2.45, 2.75) is 5.92 Å². The molecule has 0 aliphatic heterocycles. The highest BCUT2D eigenvalue weighted by molar-refractivity contribution is 7.88. The molecule has 0 aliphatic rings. The van der Waals surface area contributed by atoms with Crippen LogP contribution in [0.5, 0.6) is 0 Å². The number of anilines is 2. The first-order chi connectivity index (χ1) is 15.5. The molecule has 2 amide bonds.